The SMILES string of the molecule is Cc1cccc(NC(=O)C(=O)N2CCN(c3ccccc3F)CC2)c1C. The number of carbonyl (C=O) groups is 2. The van der Waals surface area contributed by atoms with Gasteiger partial charge < -0.3 is 15.1 Å². The highest BCUT2D eigenvalue weighted by atomic mass is 19.1. The predicted octanol–water partition coefficient (Wildman–Crippen LogP) is 2.73. The molecular weight excluding hydrogens is 333 g/mol. The van der Waals surface area contributed by atoms with E-state index in [4.69, 9.17) is 0 Å². The average molecular weight is 355 g/mol. The molecule has 1 saturated heterocycles. The lowest BCUT2D eigenvalue weighted by Crippen LogP contribution is -2.51. The summed E-state index contributed by atoms with van der Waals surface area (Å²) in [6.45, 7) is 5.60. The molecule has 2 aromatic carbocycles. The normalized spacial score (nSPS) is 14.3. The molecule has 0 atom stereocenters. The first kappa shape index (κ1) is 17.9. The van der Waals surface area contributed by atoms with Gasteiger partial charge in [0.2, 0.25) is 0 Å². The Kier molecular flexibility index (Phi) is 5.21. The number of nitrogens with zero attached hydrogens (tertiary/aromatic N) is 2. The van der Waals surface area contributed by atoms with Crippen LogP contribution in [0.15, 0.2) is 42.5 Å². The number of nitrogens with one attached hydrogen (secondary N) is 1. The Hall–Kier alpha value is -2.89. The summed E-state index contributed by atoms with van der Waals surface area (Å²) in [5.41, 5.74) is 3.17. The summed E-state index contributed by atoms with van der Waals surface area (Å²) in [5.74, 6) is -1.47. The Bertz CT molecular complexity index is 830. The highest BCUT2D eigenvalue weighted by molar-refractivity contribution is 6.39. The predicted molar refractivity (Wildman–Crippen MR) is 99.7 cm³/mol. The number of benzene rings is 2. The monoisotopic (exact) mass is 355 g/mol. The van der Waals surface area contributed by atoms with Crippen molar-refractivity contribution in [1.82, 2.24) is 4.90 Å². The minimum Gasteiger partial charge on any atom is -0.366 e. The van der Waals surface area contributed by atoms with Gasteiger partial charge in [-0.25, -0.2) is 4.39 Å². The summed E-state index contributed by atoms with van der Waals surface area (Å²) in [7, 11) is 0. The third-order valence-corrected chi connectivity index (χ3v) is 4.81. The second-order valence-corrected chi connectivity index (χ2v) is 6.43. The highest BCUT2D eigenvalue weighted by Gasteiger charge is 2.27. The van der Waals surface area contributed by atoms with Crippen LogP contribution in [0.1, 0.15) is 11.1 Å². The fourth-order valence-corrected chi connectivity index (χ4v) is 3.06. The molecule has 0 spiro atoms. The Labute approximate surface area is 152 Å². The van der Waals surface area contributed by atoms with Crippen LogP contribution >= 0.6 is 0 Å². The number of piperazine rings is 1. The van der Waals surface area contributed by atoms with Gasteiger partial charge in [-0.2, -0.15) is 0 Å². The van der Waals surface area contributed by atoms with Crippen LogP contribution in [-0.4, -0.2) is 42.9 Å². The molecular formula is C20H22FN3O2. The van der Waals surface area contributed by atoms with Gasteiger partial charge in [0.1, 0.15) is 5.82 Å². The third kappa shape index (κ3) is 3.69. The summed E-state index contributed by atoms with van der Waals surface area (Å²) in [6.07, 6.45) is 0. The highest BCUT2D eigenvalue weighted by Crippen LogP contribution is 2.21. The lowest BCUT2D eigenvalue weighted by molar-refractivity contribution is -0.143. The average Bonchev–Trinajstić information content (AvgIpc) is 2.65. The van der Waals surface area contributed by atoms with Crippen LogP contribution in [0.5, 0.6) is 0 Å². The maximum atomic E-state index is 13.9. The largest absolute Gasteiger partial charge is 0.366 e. The van der Waals surface area contributed by atoms with Crippen LogP contribution < -0.4 is 10.2 Å². The summed E-state index contributed by atoms with van der Waals surface area (Å²) >= 11 is 0. The molecule has 5 nitrogen and oxygen atoms in total. The van der Waals surface area contributed by atoms with Crippen LogP contribution in [0.25, 0.3) is 0 Å². The van der Waals surface area contributed by atoms with Gasteiger partial charge in [-0.1, -0.05) is 24.3 Å². The van der Waals surface area contributed by atoms with Gasteiger partial charge in [0.25, 0.3) is 0 Å². The molecule has 0 unspecified atom stereocenters. The summed E-state index contributed by atoms with van der Waals surface area (Å²) in [6, 6.07) is 12.2. The van der Waals surface area contributed by atoms with E-state index in [0.29, 0.717) is 37.6 Å². The summed E-state index contributed by atoms with van der Waals surface area (Å²) in [4.78, 5) is 28.1. The molecule has 0 aromatic heterocycles. The molecule has 1 fully saturated rings. The number of anilines is 2. The summed E-state index contributed by atoms with van der Waals surface area (Å²) in [5, 5.41) is 2.70. The van der Waals surface area contributed by atoms with Gasteiger partial charge in [0.15, 0.2) is 0 Å². The van der Waals surface area contributed by atoms with E-state index in [2.05, 4.69) is 5.32 Å². The molecule has 1 heterocycles. The maximum absolute atomic E-state index is 13.9. The first-order valence-corrected chi connectivity index (χ1v) is 8.63. The zero-order valence-corrected chi connectivity index (χ0v) is 15.0. The van der Waals surface area contributed by atoms with Gasteiger partial charge in [-0.3, -0.25) is 9.59 Å². The minimum atomic E-state index is -0.641. The molecule has 1 aliphatic rings. The minimum absolute atomic E-state index is 0.278. The molecule has 136 valence electrons. The van der Waals surface area contributed by atoms with E-state index in [1.54, 1.807) is 24.3 Å². The van der Waals surface area contributed by atoms with E-state index >= 15 is 0 Å². The lowest BCUT2D eigenvalue weighted by atomic mass is 10.1. The van der Waals surface area contributed by atoms with Crippen molar-refractivity contribution >= 4 is 23.2 Å². The van der Waals surface area contributed by atoms with Crippen LogP contribution in [0, 0.1) is 19.7 Å². The van der Waals surface area contributed by atoms with Gasteiger partial charge in [0, 0.05) is 31.9 Å². The van der Waals surface area contributed by atoms with Crippen molar-refractivity contribution in [2.24, 2.45) is 0 Å². The van der Waals surface area contributed by atoms with Gasteiger partial charge in [0.05, 0.1) is 5.69 Å². The fourth-order valence-electron chi connectivity index (χ4n) is 3.06. The van der Waals surface area contributed by atoms with E-state index in [1.165, 1.54) is 11.0 Å². The topological polar surface area (TPSA) is 52.7 Å². The van der Waals surface area contributed by atoms with Gasteiger partial charge in [-0.15, -0.1) is 0 Å². The molecule has 0 aliphatic carbocycles. The zero-order chi connectivity index (χ0) is 18.7. The number of rotatable bonds is 2. The number of hydrogen-bond acceptors (Lipinski definition) is 3. The number of hydrogen-bond donors (Lipinski definition) is 1. The Morgan fingerprint density at radius 3 is 2.35 bits per heavy atom. The number of para-hydroxylation sites is 1. The number of halogens is 1. The quantitative estimate of drug-likeness (QED) is 0.843. The Morgan fingerprint density at radius 1 is 0.962 bits per heavy atom. The maximum Gasteiger partial charge on any atom is 0.313 e. The van der Waals surface area contributed by atoms with E-state index in [-0.39, 0.29) is 5.82 Å². The molecule has 1 N–H and O–H groups in total. The molecule has 6 heteroatoms. The lowest BCUT2D eigenvalue weighted by Gasteiger charge is -2.35. The second kappa shape index (κ2) is 7.56. The van der Waals surface area contributed by atoms with Gasteiger partial charge >= 0.3 is 11.8 Å². The fraction of sp³-hybridized carbons (Fsp3) is 0.300. The molecule has 2 aromatic rings. The first-order chi connectivity index (χ1) is 12.5. The second-order valence-electron chi connectivity index (χ2n) is 6.43. The molecule has 2 amide bonds. The standard InChI is InChI=1S/C20H22FN3O2/c1-14-6-5-8-17(15(14)2)22-19(25)20(26)24-12-10-23(11-13-24)18-9-4-3-7-16(18)21/h3-9H,10-13H2,1-2H3,(H,22,25). The van der Waals surface area contributed by atoms with E-state index in [1.807, 2.05) is 30.9 Å². The van der Waals surface area contributed by atoms with E-state index < -0.39 is 11.8 Å². The third-order valence-electron chi connectivity index (χ3n) is 4.81. The van der Waals surface area contributed by atoms with E-state index in [9.17, 15) is 14.0 Å². The molecule has 26 heavy (non-hydrogen) atoms. The van der Waals surface area contributed by atoms with Gasteiger partial charge in [-0.05, 0) is 43.2 Å². The number of amides is 2. The van der Waals surface area contributed by atoms with Crippen molar-refractivity contribution in [2.75, 3.05) is 36.4 Å². The Balaban J connectivity index is 1.60. The van der Waals surface area contributed by atoms with Crippen LogP contribution in [0.3, 0.4) is 0 Å². The smallest absolute Gasteiger partial charge is 0.313 e. The van der Waals surface area contributed by atoms with Crippen molar-refractivity contribution in [3.05, 3.63) is 59.4 Å². The number of carbonyl (C=O) groups excluding carboxylic acids is 2. The van der Waals surface area contributed by atoms with Crippen LogP contribution in [0.2, 0.25) is 0 Å². The molecule has 1 aliphatic heterocycles. The molecule has 3 rings (SSSR count). The van der Waals surface area contributed by atoms with Crippen molar-refractivity contribution in [3.8, 4) is 0 Å². The van der Waals surface area contributed by atoms with Crippen LogP contribution in [0.4, 0.5) is 15.8 Å². The van der Waals surface area contributed by atoms with Crippen molar-refractivity contribution < 1.29 is 14.0 Å². The van der Waals surface area contributed by atoms with Crippen molar-refractivity contribution in [3.63, 3.8) is 0 Å². The van der Waals surface area contributed by atoms with E-state index in [0.717, 1.165) is 11.1 Å². The number of aryl methyl sites for hydroxylation is 1. The zero-order valence-electron chi connectivity index (χ0n) is 15.0. The molecule has 0 radical (unpaired) electrons. The first-order valence-electron chi connectivity index (χ1n) is 8.63. The summed E-state index contributed by atoms with van der Waals surface area (Å²) < 4.78 is 13.9. The molecule has 0 saturated carbocycles. The Morgan fingerprint density at radius 2 is 1.65 bits per heavy atom. The van der Waals surface area contributed by atoms with Crippen LogP contribution in [-0.2, 0) is 9.59 Å². The van der Waals surface area contributed by atoms with Crippen molar-refractivity contribution in [2.45, 2.75) is 13.8 Å². The molecule has 0 bridgehead atoms. The van der Waals surface area contributed by atoms with Crippen molar-refractivity contribution in [1.29, 1.82) is 0 Å².